The molecule has 4 heteroatoms. The van der Waals surface area contributed by atoms with Crippen molar-refractivity contribution in [3.63, 3.8) is 0 Å². The fourth-order valence-corrected chi connectivity index (χ4v) is 2.09. The van der Waals surface area contributed by atoms with Crippen LogP contribution in [0.25, 0.3) is 11.3 Å². The Morgan fingerprint density at radius 1 is 1.35 bits per heavy atom. The van der Waals surface area contributed by atoms with Crippen LogP contribution in [0.3, 0.4) is 0 Å². The molecule has 3 N–H and O–H groups in total. The number of aryl methyl sites for hydroxylation is 1. The molecular formula is C16H23N3O. The second-order valence-corrected chi connectivity index (χ2v) is 5.44. The van der Waals surface area contributed by atoms with E-state index in [-0.39, 0.29) is 0 Å². The van der Waals surface area contributed by atoms with Gasteiger partial charge in [-0.05, 0) is 31.4 Å². The fraction of sp³-hybridized carbons (Fsp3) is 0.438. The van der Waals surface area contributed by atoms with Crippen molar-refractivity contribution in [1.29, 1.82) is 0 Å². The van der Waals surface area contributed by atoms with Gasteiger partial charge >= 0.3 is 0 Å². The highest BCUT2D eigenvalue weighted by atomic mass is 16.5. The van der Waals surface area contributed by atoms with Gasteiger partial charge in [-0.3, -0.25) is 5.10 Å². The number of aromatic amines is 1. The summed E-state index contributed by atoms with van der Waals surface area (Å²) in [4.78, 5) is 0. The van der Waals surface area contributed by atoms with Crippen molar-refractivity contribution in [2.24, 2.45) is 11.7 Å². The van der Waals surface area contributed by atoms with Crippen LogP contribution < -0.4 is 10.5 Å². The normalized spacial score (nSPS) is 11.1. The molecule has 0 aliphatic carbocycles. The van der Waals surface area contributed by atoms with Gasteiger partial charge in [0.2, 0.25) is 0 Å². The van der Waals surface area contributed by atoms with Crippen molar-refractivity contribution in [3.8, 4) is 17.0 Å². The van der Waals surface area contributed by atoms with Gasteiger partial charge in [-0.2, -0.15) is 5.10 Å². The predicted octanol–water partition coefficient (Wildman–Crippen LogP) is 3.27. The molecule has 0 unspecified atom stereocenters. The number of aromatic nitrogens is 2. The summed E-state index contributed by atoms with van der Waals surface area (Å²) in [6, 6.07) is 8.02. The molecule has 2 rings (SSSR count). The predicted molar refractivity (Wildman–Crippen MR) is 81.6 cm³/mol. The van der Waals surface area contributed by atoms with Gasteiger partial charge in [-0.25, -0.2) is 0 Å². The number of ether oxygens (including phenoxy) is 1. The average molecular weight is 273 g/mol. The van der Waals surface area contributed by atoms with E-state index in [1.807, 2.05) is 31.2 Å². The maximum absolute atomic E-state index is 5.79. The highest BCUT2D eigenvalue weighted by molar-refractivity contribution is 5.65. The van der Waals surface area contributed by atoms with Crippen LogP contribution in [0.1, 0.15) is 31.5 Å². The van der Waals surface area contributed by atoms with Gasteiger partial charge in [0.25, 0.3) is 0 Å². The molecule has 0 radical (unpaired) electrons. The Morgan fingerprint density at radius 2 is 2.15 bits per heavy atom. The first-order valence-electron chi connectivity index (χ1n) is 7.09. The average Bonchev–Trinajstić information content (AvgIpc) is 2.79. The van der Waals surface area contributed by atoms with Crippen LogP contribution in [0, 0.1) is 12.8 Å². The summed E-state index contributed by atoms with van der Waals surface area (Å²) in [5.41, 5.74) is 9.83. The largest absolute Gasteiger partial charge is 0.494 e. The zero-order valence-electron chi connectivity index (χ0n) is 12.4. The van der Waals surface area contributed by atoms with Crippen molar-refractivity contribution in [3.05, 3.63) is 35.5 Å². The highest BCUT2D eigenvalue weighted by Gasteiger charge is 2.11. The third-order valence-electron chi connectivity index (χ3n) is 3.35. The maximum atomic E-state index is 5.79. The Labute approximate surface area is 120 Å². The molecule has 108 valence electrons. The summed E-state index contributed by atoms with van der Waals surface area (Å²) >= 11 is 0. The van der Waals surface area contributed by atoms with Crippen LogP contribution >= 0.6 is 0 Å². The molecule has 2 aromatic rings. The van der Waals surface area contributed by atoms with Gasteiger partial charge in [-0.1, -0.05) is 26.0 Å². The van der Waals surface area contributed by atoms with E-state index in [0.29, 0.717) is 12.5 Å². The second-order valence-electron chi connectivity index (χ2n) is 5.44. The standard InChI is InChI=1S/C16H23N3O/c1-11(2)7-8-20-14-6-4-5-13(9-14)16-15(10-17)12(3)18-19-16/h4-6,9,11H,7-8,10,17H2,1-3H3,(H,18,19). The molecule has 0 atom stereocenters. The lowest BCUT2D eigenvalue weighted by Gasteiger charge is -2.09. The zero-order valence-corrected chi connectivity index (χ0v) is 12.4. The lowest BCUT2D eigenvalue weighted by Crippen LogP contribution is -2.02. The molecule has 20 heavy (non-hydrogen) atoms. The van der Waals surface area contributed by atoms with E-state index >= 15 is 0 Å². The van der Waals surface area contributed by atoms with Crippen molar-refractivity contribution < 1.29 is 4.74 Å². The summed E-state index contributed by atoms with van der Waals surface area (Å²) < 4.78 is 5.79. The van der Waals surface area contributed by atoms with Crippen molar-refractivity contribution in [1.82, 2.24) is 10.2 Å². The minimum atomic E-state index is 0.482. The molecule has 0 spiro atoms. The van der Waals surface area contributed by atoms with Crippen LogP contribution in [-0.4, -0.2) is 16.8 Å². The van der Waals surface area contributed by atoms with E-state index < -0.39 is 0 Å². The summed E-state index contributed by atoms with van der Waals surface area (Å²) in [7, 11) is 0. The van der Waals surface area contributed by atoms with E-state index in [4.69, 9.17) is 10.5 Å². The van der Waals surface area contributed by atoms with Crippen LogP contribution in [0.15, 0.2) is 24.3 Å². The Bertz CT molecular complexity index is 561. The minimum Gasteiger partial charge on any atom is -0.494 e. The Kier molecular flexibility index (Phi) is 4.79. The molecule has 0 aliphatic rings. The third kappa shape index (κ3) is 3.39. The van der Waals surface area contributed by atoms with Crippen molar-refractivity contribution in [2.75, 3.05) is 6.61 Å². The van der Waals surface area contributed by atoms with Crippen molar-refractivity contribution in [2.45, 2.75) is 33.7 Å². The molecule has 0 saturated carbocycles. The lowest BCUT2D eigenvalue weighted by atomic mass is 10.1. The van der Waals surface area contributed by atoms with Gasteiger partial charge in [0.05, 0.1) is 12.3 Å². The number of H-pyrrole nitrogens is 1. The molecule has 0 aliphatic heterocycles. The molecule has 0 fully saturated rings. The first kappa shape index (κ1) is 14.6. The van der Waals surface area contributed by atoms with E-state index in [2.05, 4.69) is 24.0 Å². The monoisotopic (exact) mass is 273 g/mol. The first-order chi connectivity index (χ1) is 9.61. The molecular weight excluding hydrogens is 250 g/mol. The molecule has 1 aromatic carbocycles. The summed E-state index contributed by atoms with van der Waals surface area (Å²) in [5.74, 6) is 1.53. The van der Waals surface area contributed by atoms with Crippen LogP contribution in [-0.2, 0) is 6.54 Å². The fourth-order valence-electron chi connectivity index (χ4n) is 2.09. The quantitative estimate of drug-likeness (QED) is 0.849. The summed E-state index contributed by atoms with van der Waals surface area (Å²) in [6.07, 6.45) is 1.06. The molecule has 0 saturated heterocycles. The number of rotatable bonds is 6. The Hall–Kier alpha value is -1.81. The smallest absolute Gasteiger partial charge is 0.119 e. The van der Waals surface area contributed by atoms with Crippen molar-refractivity contribution >= 4 is 0 Å². The van der Waals surface area contributed by atoms with E-state index in [0.717, 1.165) is 41.3 Å². The lowest BCUT2D eigenvalue weighted by molar-refractivity contribution is 0.289. The number of hydrogen-bond donors (Lipinski definition) is 2. The van der Waals surface area contributed by atoms with Gasteiger partial charge < -0.3 is 10.5 Å². The van der Waals surface area contributed by atoms with Crippen LogP contribution in [0.2, 0.25) is 0 Å². The van der Waals surface area contributed by atoms with Gasteiger partial charge in [0, 0.05) is 23.4 Å². The van der Waals surface area contributed by atoms with Gasteiger partial charge in [-0.15, -0.1) is 0 Å². The zero-order chi connectivity index (χ0) is 14.5. The second kappa shape index (κ2) is 6.57. The van der Waals surface area contributed by atoms with Gasteiger partial charge in [0.15, 0.2) is 0 Å². The summed E-state index contributed by atoms with van der Waals surface area (Å²) in [6.45, 7) is 7.60. The first-order valence-corrected chi connectivity index (χ1v) is 7.09. The highest BCUT2D eigenvalue weighted by Crippen LogP contribution is 2.26. The summed E-state index contributed by atoms with van der Waals surface area (Å²) in [5, 5.41) is 7.34. The van der Waals surface area contributed by atoms with Crippen LogP contribution in [0.5, 0.6) is 5.75 Å². The number of nitrogens with zero attached hydrogens (tertiary/aromatic N) is 1. The van der Waals surface area contributed by atoms with Crippen LogP contribution in [0.4, 0.5) is 0 Å². The number of nitrogens with two attached hydrogens (primary N) is 1. The molecule has 1 heterocycles. The number of nitrogens with one attached hydrogen (secondary N) is 1. The molecule has 1 aromatic heterocycles. The number of hydrogen-bond acceptors (Lipinski definition) is 3. The van der Waals surface area contributed by atoms with Gasteiger partial charge in [0.1, 0.15) is 5.75 Å². The molecule has 0 bridgehead atoms. The SMILES string of the molecule is Cc1[nH]nc(-c2cccc(OCCC(C)C)c2)c1CN. The maximum Gasteiger partial charge on any atom is 0.119 e. The van der Waals surface area contributed by atoms with E-state index in [1.165, 1.54) is 0 Å². The molecule has 0 amide bonds. The number of benzene rings is 1. The minimum absolute atomic E-state index is 0.482. The Balaban J connectivity index is 2.16. The topological polar surface area (TPSA) is 63.9 Å². The third-order valence-corrected chi connectivity index (χ3v) is 3.35. The van der Waals surface area contributed by atoms with E-state index in [1.54, 1.807) is 0 Å². The van der Waals surface area contributed by atoms with E-state index in [9.17, 15) is 0 Å². The Morgan fingerprint density at radius 3 is 2.85 bits per heavy atom. The molecule has 4 nitrogen and oxygen atoms in total.